The maximum Gasteiger partial charge on any atom is 0.416 e. The number of anilines is 1. The summed E-state index contributed by atoms with van der Waals surface area (Å²) in [5.41, 5.74) is -3.91. The third kappa shape index (κ3) is 4.02. The molecule has 1 aromatic rings. The average molecular weight is 314 g/mol. The van der Waals surface area contributed by atoms with E-state index in [9.17, 15) is 36.2 Å². The van der Waals surface area contributed by atoms with Crippen molar-refractivity contribution in [2.24, 2.45) is 0 Å². The van der Waals surface area contributed by atoms with Crippen molar-refractivity contribution in [1.29, 1.82) is 0 Å². The number of nitrogens with zero attached hydrogens (tertiary/aromatic N) is 1. The van der Waals surface area contributed by atoms with Crippen molar-refractivity contribution in [1.82, 2.24) is 0 Å². The van der Waals surface area contributed by atoms with Crippen molar-refractivity contribution in [2.45, 2.75) is 32.2 Å². The topological polar surface area (TPSA) is 43.4 Å². The van der Waals surface area contributed by atoms with E-state index < -0.39 is 41.3 Å². The highest BCUT2D eigenvalue weighted by molar-refractivity contribution is 5.85. The molecule has 1 rings (SSSR count). The predicted molar refractivity (Wildman–Crippen MR) is 59.5 cm³/mol. The summed E-state index contributed by atoms with van der Waals surface area (Å²) in [6.45, 7) is 2.59. The average Bonchev–Trinajstić information content (AvgIpc) is 2.25. The second kappa shape index (κ2) is 5.45. The molecule has 1 aromatic carbocycles. The van der Waals surface area contributed by atoms with E-state index >= 15 is 0 Å². The van der Waals surface area contributed by atoms with E-state index in [0.29, 0.717) is 17.0 Å². The Morgan fingerprint density at radius 2 is 1.38 bits per heavy atom. The Morgan fingerprint density at radius 3 is 1.62 bits per heavy atom. The van der Waals surface area contributed by atoms with Crippen LogP contribution >= 0.6 is 0 Å². The predicted octanol–water partition coefficient (Wildman–Crippen LogP) is 3.28. The molecular weight excluding hydrogens is 304 g/mol. The summed E-state index contributed by atoms with van der Waals surface area (Å²) in [5.74, 6) is 0. The van der Waals surface area contributed by atoms with Crippen LogP contribution in [0.25, 0.3) is 0 Å². The minimum atomic E-state index is -5.04. The molecule has 0 aliphatic carbocycles. The van der Waals surface area contributed by atoms with Gasteiger partial charge >= 0.3 is 12.4 Å². The smallest absolute Gasteiger partial charge is 0.416 e. The van der Waals surface area contributed by atoms with Gasteiger partial charge in [0, 0.05) is 11.7 Å². The minimum Gasteiger partial charge on any atom is -0.530 e. The summed E-state index contributed by atoms with van der Waals surface area (Å²) in [5, 5.41) is 10.9. The third-order valence-electron chi connectivity index (χ3n) is 2.56. The van der Waals surface area contributed by atoms with Crippen molar-refractivity contribution < 1.29 is 36.2 Å². The van der Waals surface area contributed by atoms with Gasteiger partial charge in [0.25, 0.3) is 0 Å². The molecule has 0 aliphatic heterocycles. The van der Waals surface area contributed by atoms with Crippen molar-refractivity contribution in [3.63, 3.8) is 0 Å². The third-order valence-corrected chi connectivity index (χ3v) is 2.56. The number of rotatable bonds is 2. The number of carboxylic acid groups (broad SMARTS) is 1. The fraction of sp³-hybridized carbons (Fsp3) is 0.417. The number of carbonyl (C=O) groups is 1. The highest BCUT2D eigenvalue weighted by Gasteiger charge is 2.37. The number of alkyl halides is 6. The zero-order chi connectivity index (χ0) is 16.6. The zero-order valence-electron chi connectivity index (χ0n) is 10.8. The maximum atomic E-state index is 12.7. The molecule has 0 heterocycles. The van der Waals surface area contributed by atoms with Gasteiger partial charge in [-0.2, -0.15) is 26.3 Å². The van der Waals surface area contributed by atoms with E-state index in [1.807, 2.05) is 0 Å². The van der Waals surface area contributed by atoms with Gasteiger partial charge in [-0.15, -0.1) is 0 Å². The molecule has 118 valence electrons. The molecule has 0 aliphatic rings. The van der Waals surface area contributed by atoms with Crippen LogP contribution in [0.3, 0.4) is 0 Å². The lowest BCUT2D eigenvalue weighted by atomic mass is 10.1. The molecule has 0 saturated carbocycles. The van der Waals surface area contributed by atoms with Gasteiger partial charge in [-0.05, 0) is 32.0 Å². The molecule has 0 N–H and O–H groups in total. The number of benzene rings is 1. The molecule has 0 radical (unpaired) electrons. The van der Waals surface area contributed by atoms with Crippen LogP contribution in [0.2, 0.25) is 0 Å². The molecule has 1 amide bonds. The number of halogens is 6. The van der Waals surface area contributed by atoms with Gasteiger partial charge in [0.15, 0.2) is 0 Å². The molecule has 0 saturated heterocycles. The van der Waals surface area contributed by atoms with Gasteiger partial charge in [-0.25, -0.2) is 0 Å². The molecule has 0 unspecified atom stereocenters. The minimum absolute atomic E-state index is 0.0721. The summed E-state index contributed by atoms with van der Waals surface area (Å²) in [7, 11) is 0. The molecule has 9 heteroatoms. The second-order valence-corrected chi connectivity index (χ2v) is 4.49. The molecule has 0 fully saturated rings. The Bertz CT molecular complexity index is 503. The van der Waals surface area contributed by atoms with Gasteiger partial charge in [0.1, 0.15) is 6.09 Å². The Labute approximate surface area is 115 Å². The van der Waals surface area contributed by atoms with Crippen molar-refractivity contribution in [3.8, 4) is 0 Å². The summed E-state index contributed by atoms with van der Waals surface area (Å²) >= 11 is 0. The fourth-order valence-electron chi connectivity index (χ4n) is 1.69. The highest BCUT2D eigenvalue weighted by Crippen LogP contribution is 2.38. The number of hydrogen-bond acceptors (Lipinski definition) is 2. The SMILES string of the molecule is CC(C)N(C(=O)[O-])c1cc(C(F)(F)F)cc(C(F)(F)F)c1. The van der Waals surface area contributed by atoms with Crippen LogP contribution in [0.5, 0.6) is 0 Å². The normalized spacial score (nSPS) is 12.6. The van der Waals surface area contributed by atoms with Crippen molar-refractivity contribution >= 4 is 11.8 Å². The lowest BCUT2D eigenvalue weighted by Crippen LogP contribution is -2.45. The Balaban J connectivity index is 3.55. The van der Waals surface area contributed by atoms with Gasteiger partial charge in [0.05, 0.1) is 11.1 Å². The van der Waals surface area contributed by atoms with Gasteiger partial charge < -0.3 is 14.8 Å². The van der Waals surface area contributed by atoms with Crippen LogP contribution in [-0.4, -0.2) is 12.1 Å². The van der Waals surface area contributed by atoms with Gasteiger partial charge in [-0.3, -0.25) is 0 Å². The second-order valence-electron chi connectivity index (χ2n) is 4.49. The van der Waals surface area contributed by atoms with E-state index in [-0.39, 0.29) is 6.07 Å². The Kier molecular flexibility index (Phi) is 4.45. The van der Waals surface area contributed by atoms with Crippen LogP contribution in [0, 0.1) is 0 Å². The summed E-state index contributed by atoms with van der Waals surface area (Å²) in [4.78, 5) is 11.2. The van der Waals surface area contributed by atoms with Gasteiger partial charge in [-0.1, -0.05) is 0 Å². The van der Waals surface area contributed by atoms with Gasteiger partial charge in [0.2, 0.25) is 0 Å². The summed E-state index contributed by atoms with van der Waals surface area (Å²) in [6, 6.07) is -0.285. The highest BCUT2D eigenvalue weighted by atomic mass is 19.4. The first-order valence-electron chi connectivity index (χ1n) is 5.63. The number of carbonyl (C=O) groups excluding carboxylic acids is 1. The number of hydrogen-bond donors (Lipinski definition) is 0. The van der Waals surface area contributed by atoms with Crippen molar-refractivity contribution in [3.05, 3.63) is 29.3 Å². The first kappa shape index (κ1) is 17.1. The molecule has 0 aromatic heterocycles. The summed E-state index contributed by atoms with van der Waals surface area (Å²) < 4.78 is 75.9. The lowest BCUT2D eigenvalue weighted by molar-refractivity contribution is -0.247. The first-order chi connectivity index (χ1) is 9.34. The monoisotopic (exact) mass is 314 g/mol. The largest absolute Gasteiger partial charge is 0.530 e. The number of amides is 1. The molecule has 3 nitrogen and oxygen atoms in total. The maximum absolute atomic E-state index is 12.7. The van der Waals surface area contributed by atoms with Crippen LogP contribution in [-0.2, 0) is 12.4 Å². The van der Waals surface area contributed by atoms with E-state index in [1.54, 1.807) is 0 Å². The van der Waals surface area contributed by atoms with Crippen LogP contribution < -0.4 is 10.0 Å². The molecule has 0 spiro atoms. The lowest BCUT2D eigenvalue weighted by Gasteiger charge is -2.30. The van der Waals surface area contributed by atoms with Crippen LogP contribution in [0.4, 0.5) is 36.8 Å². The Hall–Kier alpha value is -1.93. The van der Waals surface area contributed by atoms with E-state index in [1.165, 1.54) is 13.8 Å². The first-order valence-corrected chi connectivity index (χ1v) is 5.63. The Morgan fingerprint density at radius 1 is 1.00 bits per heavy atom. The molecular formula is C12H10F6NO2-. The zero-order valence-corrected chi connectivity index (χ0v) is 10.8. The molecule has 0 atom stereocenters. The van der Waals surface area contributed by atoms with E-state index in [0.717, 1.165) is 0 Å². The van der Waals surface area contributed by atoms with Crippen LogP contribution in [0.15, 0.2) is 18.2 Å². The fourth-order valence-corrected chi connectivity index (χ4v) is 1.69. The molecule has 0 bridgehead atoms. The molecule has 21 heavy (non-hydrogen) atoms. The standard InChI is InChI=1S/C12H11F6NO2/c1-6(2)19(10(20)21)9-4-7(11(13,14)15)3-8(5-9)12(16,17)18/h3-6H,1-2H3,(H,20,21)/p-1. The quantitative estimate of drug-likeness (QED) is 0.786. The van der Waals surface area contributed by atoms with E-state index in [2.05, 4.69) is 0 Å². The summed E-state index contributed by atoms with van der Waals surface area (Å²) in [6.07, 6.45) is -12.0. The van der Waals surface area contributed by atoms with Crippen LogP contribution in [0.1, 0.15) is 25.0 Å². The van der Waals surface area contributed by atoms with Crippen molar-refractivity contribution in [2.75, 3.05) is 4.90 Å². The van der Waals surface area contributed by atoms with E-state index in [4.69, 9.17) is 0 Å².